The number of benzene rings is 1. The third kappa shape index (κ3) is 5.30. The van der Waals surface area contributed by atoms with Crippen LogP contribution in [0.2, 0.25) is 0 Å². The fourth-order valence-electron chi connectivity index (χ4n) is 2.04. The van der Waals surface area contributed by atoms with Gasteiger partial charge in [-0.05, 0) is 25.8 Å². The topological polar surface area (TPSA) is 91.7 Å². The Bertz CT molecular complexity index is 640. The molecule has 0 bridgehead atoms. The van der Waals surface area contributed by atoms with E-state index in [4.69, 9.17) is 4.74 Å². The quantitative estimate of drug-likeness (QED) is 0.713. The van der Waals surface area contributed by atoms with Gasteiger partial charge in [-0.1, -0.05) is 30.3 Å². The molecule has 1 aromatic heterocycles. The summed E-state index contributed by atoms with van der Waals surface area (Å²) in [5, 5.41) is 23.2. The molecule has 0 fully saturated rings. The second-order valence-electron chi connectivity index (χ2n) is 5.48. The monoisotopic (exact) mass is 350 g/mol. The summed E-state index contributed by atoms with van der Waals surface area (Å²) in [6.07, 6.45) is -2.39. The molecule has 0 radical (unpaired) electrons. The van der Waals surface area contributed by atoms with Gasteiger partial charge >= 0.3 is 6.09 Å². The number of hydrogen-bond donors (Lipinski definition) is 3. The highest BCUT2D eigenvalue weighted by Gasteiger charge is 2.22. The minimum atomic E-state index is -1.05. The molecule has 2 atom stereocenters. The summed E-state index contributed by atoms with van der Waals surface area (Å²) in [5.74, 6) is 0. The molecule has 0 aliphatic rings. The zero-order valence-corrected chi connectivity index (χ0v) is 14.5. The smallest absolute Gasteiger partial charge is 0.407 e. The minimum Gasteiger partial charge on any atom is -0.445 e. The molecule has 0 saturated carbocycles. The van der Waals surface area contributed by atoms with Crippen LogP contribution in [-0.2, 0) is 11.3 Å². The van der Waals surface area contributed by atoms with Gasteiger partial charge in [0.2, 0.25) is 0 Å². The zero-order valence-electron chi connectivity index (χ0n) is 13.7. The van der Waals surface area contributed by atoms with Gasteiger partial charge in [-0.15, -0.1) is 11.3 Å². The zero-order chi connectivity index (χ0) is 17.5. The van der Waals surface area contributed by atoms with Crippen molar-refractivity contribution in [3.05, 3.63) is 51.5 Å². The number of carbonyl (C=O) groups is 1. The van der Waals surface area contributed by atoms with Crippen LogP contribution < -0.4 is 5.32 Å². The number of alkyl carbamates (subject to hydrolysis) is 1. The summed E-state index contributed by atoms with van der Waals surface area (Å²) in [6.45, 7) is 4.17. The summed E-state index contributed by atoms with van der Waals surface area (Å²) in [6, 6.07) is 9.37. The minimum absolute atomic E-state index is 0.190. The molecule has 6 nitrogen and oxygen atoms in total. The maximum Gasteiger partial charge on any atom is 0.407 e. The summed E-state index contributed by atoms with van der Waals surface area (Å²) in [7, 11) is 0. The van der Waals surface area contributed by atoms with Gasteiger partial charge in [0, 0.05) is 11.4 Å². The van der Waals surface area contributed by atoms with E-state index in [9.17, 15) is 15.0 Å². The van der Waals surface area contributed by atoms with Crippen LogP contribution >= 0.6 is 11.3 Å². The maximum atomic E-state index is 11.6. The second kappa shape index (κ2) is 8.77. The Morgan fingerprint density at radius 1 is 1.29 bits per heavy atom. The van der Waals surface area contributed by atoms with E-state index >= 15 is 0 Å². The molecule has 24 heavy (non-hydrogen) atoms. The average molecular weight is 350 g/mol. The predicted octanol–water partition coefficient (Wildman–Crippen LogP) is 2.47. The third-order valence-corrected chi connectivity index (χ3v) is 4.73. The number of aliphatic hydroxyl groups is 2. The lowest BCUT2D eigenvalue weighted by Gasteiger charge is -2.16. The number of hydrogen-bond acceptors (Lipinski definition) is 6. The summed E-state index contributed by atoms with van der Waals surface area (Å²) >= 11 is 1.36. The molecule has 3 N–H and O–H groups in total. The Morgan fingerprint density at radius 2 is 2.00 bits per heavy atom. The standard InChI is InChI=1S/C17H22N2O4S/c1-11-12(2)24-16(19-11)15(21)14(20)8-9-18-17(22)23-10-13-6-4-3-5-7-13/h3-7,14-15,20-21H,8-10H2,1-2H3,(H,18,22). The van der Waals surface area contributed by atoms with Crippen molar-refractivity contribution in [3.8, 4) is 0 Å². The van der Waals surface area contributed by atoms with E-state index < -0.39 is 18.3 Å². The van der Waals surface area contributed by atoms with Crippen LogP contribution in [0.4, 0.5) is 4.79 Å². The highest BCUT2D eigenvalue weighted by atomic mass is 32.1. The maximum absolute atomic E-state index is 11.6. The Morgan fingerprint density at radius 3 is 2.62 bits per heavy atom. The van der Waals surface area contributed by atoms with Crippen LogP contribution in [0.25, 0.3) is 0 Å². The number of carbonyl (C=O) groups excluding carboxylic acids is 1. The van der Waals surface area contributed by atoms with Gasteiger partial charge in [0.1, 0.15) is 17.7 Å². The number of thiazole rings is 1. The number of amides is 1. The Kier molecular flexibility index (Phi) is 6.72. The molecule has 130 valence electrons. The molecule has 2 unspecified atom stereocenters. The van der Waals surface area contributed by atoms with E-state index in [1.165, 1.54) is 11.3 Å². The number of aryl methyl sites for hydroxylation is 2. The van der Waals surface area contributed by atoms with Crippen molar-refractivity contribution in [1.82, 2.24) is 10.3 Å². The van der Waals surface area contributed by atoms with Crippen molar-refractivity contribution in [2.45, 2.75) is 39.1 Å². The number of nitrogens with zero attached hydrogens (tertiary/aromatic N) is 1. The number of aromatic nitrogens is 1. The third-order valence-electron chi connectivity index (χ3n) is 3.58. The van der Waals surface area contributed by atoms with E-state index in [0.29, 0.717) is 5.01 Å². The lowest BCUT2D eigenvalue weighted by molar-refractivity contribution is 0.0134. The van der Waals surface area contributed by atoms with Crippen molar-refractivity contribution in [3.63, 3.8) is 0 Å². The lowest BCUT2D eigenvalue weighted by Crippen LogP contribution is -2.29. The van der Waals surface area contributed by atoms with Crippen LogP contribution in [0.3, 0.4) is 0 Å². The van der Waals surface area contributed by atoms with Crippen molar-refractivity contribution < 1.29 is 19.7 Å². The van der Waals surface area contributed by atoms with Crippen LogP contribution in [-0.4, -0.2) is 33.9 Å². The first-order valence-corrected chi connectivity index (χ1v) is 8.53. The fourth-order valence-corrected chi connectivity index (χ4v) is 3.01. The molecule has 1 heterocycles. The van der Waals surface area contributed by atoms with Crippen LogP contribution in [0.15, 0.2) is 30.3 Å². The first-order valence-electron chi connectivity index (χ1n) is 7.72. The molecule has 0 aliphatic carbocycles. The second-order valence-corrected chi connectivity index (χ2v) is 6.72. The van der Waals surface area contributed by atoms with E-state index in [1.807, 2.05) is 44.2 Å². The molecule has 0 saturated heterocycles. The molecular formula is C17H22N2O4S. The van der Waals surface area contributed by atoms with Crippen molar-refractivity contribution in [1.29, 1.82) is 0 Å². The first kappa shape index (κ1) is 18.4. The molecule has 2 rings (SSSR count). The summed E-state index contributed by atoms with van der Waals surface area (Å²) < 4.78 is 5.07. The SMILES string of the molecule is Cc1nc(C(O)C(O)CCNC(=O)OCc2ccccc2)sc1C. The molecule has 2 aromatic rings. The predicted molar refractivity (Wildman–Crippen MR) is 91.8 cm³/mol. The number of rotatable bonds is 7. The largest absolute Gasteiger partial charge is 0.445 e. The van der Waals surface area contributed by atoms with E-state index in [0.717, 1.165) is 16.1 Å². The number of nitrogens with one attached hydrogen (secondary N) is 1. The van der Waals surface area contributed by atoms with E-state index in [1.54, 1.807) is 0 Å². The highest BCUT2D eigenvalue weighted by molar-refractivity contribution is 7.11. The molecule has 0 aliphatic heterocycles. The van der Waals surface area contributed by atoms with Crippen LogP contribution in [0.5, 0.6) is 0 Å². The summed E-state index contributed by atoms with van der Waals surface area (Å²) in [4.78, 5) is 16.8. The molecule has 0 spiro atoms. The Labute approximate surface area is 145 Å². The Balaban J connectivity index is 1.69. The molecule has 7 heteroatoms. The van der Waals surface area contributed by atoms with Crippen molar-refractivity contribution in [2.24, 2.45) is 0 Å². The van der Waals surface area contributed by atoms with Gasteiger partial charge in [-0.3, -0.25) is 0 Å². The lowest BCUT2D eigenvalue weighted by atomic mass is 10.1. The van der Waals surface area contributed by atoms with Gasteiger partial charge < -0.3 is 20.3 Å². The normalized spacial score (nSPS) is 13.3. The van der Waals surface area contributed by atoms with E-state index in [-0.39, 0.29) is 19.6 Å². The van der Waals surface area contributed by atoms with Crippen molar-refractivity contribution >= 4 is 17.4 Å². The van der Waals surface area contributed by atoms with Crippen LogP contribution in [0, 0.1) is 13.8 Å². The van der Waals surface area contributed by atoms with Gasteiger partial charge in [0.25, 0.3) is 0 Å². The Hall–Kier alpha value is -1.96. The molecular weight excluding hydrogens is 328 g/mol. The van der Waals surface area contributed by atoms with E-state index in [2.05, 4.69) is 10.3 Å². The van der Waals surface area contributed by atoms with Gasteiger partial charge in [0.15, 0.2) is 0 Å². The molecule has 1 amide bonds. The fraction of sp³-hybridized carbons (Fsp3) is 0.412. The van der Waals surface area contributed by atoms with Crippen LogP contribution in [0.1, 0.15) is 33.7 Å². The van der Waals surface area contributed by atoms with Gasteiger partial charge in [-0.2, -0.15) is 0 Å². The summed E-state index contributed by atoms with van der Waals surface area (Å²) in [5.41, 5.74) is 1.75. The van der Waals surface area contributed by atoms with Gasteiger partial charge in [0.05, 0.1) is 11.8 Å². The van der Waals surface area contributed by atoms with Crippen molar-refractivity contribution in [2.75, 3.05) is 6.54 Å². The highest BCUT2D eigenvalue weighted by Crippen LogP contribution is 2.25. The first-order chi connectivity index (χ1) is 11.5. The van der Waals surface area contributed by atoms with Gasteiger partial charge in [-0.25, -0.2) is 9.78 Å². The number of aliphatic hydroxyl groups excluding tert-OH is 2. The molecule has 1 aromatic carbocycles. The average Bonchev–Trinajstić information content (AvgIpc) is 2.92. The number of ether oxygens (including phenoxy) is 1.